The molecule has 1 saturated carbocycles. The summed E-state index contributed by atoms with van der Waals surface area (Å²) in [6, 6.07) is 0. The molecule has 0 heterocycles. The van der Waals surface area contributed by atoms with Crippen molar-refractivity contribution in [2.45, 2.75) is 70.6 Å². The first kappa shape index (κ1) is 12.5. The second kappa shape index (κ2) is 7.72. The molecule has 1 rings (SSSR count). The van der Waals surface area contributed by atoms with Gasteiger partial charge in [-0.2, -0.15) is 0 Å². The molecule has 0 aromatic rings. The van der Waals surface area contributed by atoms with Crippen LogP contribution in [0.1, 0.15) is 70.6 Å². The summed E-state index contributed by atoms with van der Waals surface area (Å²) in [5.74, 6) is 0.917. The molecule has 0 aromatic carbocycles. The third-order valence-corrected chi connectivity index (χ3v) is 3.51. The van der Waals surface area contributed by atoms with E-state index in [2.05, 4.69) is 0 Å². The van der Waals surface area contributed by atoms with E-state index in [0.717, 1.165) is 12.3 Å². The molecule has 2 heteroatoms. The third kappa shape index (κ3) is 6.53. The summed E-state index contributed by atoms with van der Waals surface area (Å²) in [6.07, 6.45) is 14.0. The summed E-state index contributed by atoms with van der Waals surface area (Å²) in [4.78, 5) is 10.5. The van der Waals surface area contributed by atoms with Crippen LogP contribution < -0.4 is 5.73 Å². The highest BCUT2D eigenvalue weighted by atomic mass is 16.1. The number of unbranched alkanes of at least 4 members (excludes halogenated alkanes) is 5. The van der Waals surface area contributed by atoms with Crippen LogP contribution in [0.5, 0.6) is 0 Å². The zero-order valence-corrected chi connectivity index (χ0v) is 9.84. The predicted octanol–water partition coefficient (Wildman–Crippen LogP) is 3.39. The van der Waals surface area contributed by atoms with Crippen molar-refractivity contribution < 1.29 is 4.79 Å². The van der Waals surface area contributed by atoms with Gasteiger partial charge in [0, 0.05) is 6.42 Å². The first-order valence-electron chi connectivity index (χ1n) is 6.57. The Bertz CT molecular complexity index is 175. The van der Waals surface area contributed by atoms with Crippen molar-refractivity contribution in [2.75, 3.05) is 0 Å². The smallest absolute Gasteiger partial charge is 0.217 e. The number of nitrogens with two attached hydrogens (primary N) is 1. The van der Waals surface area contributed by atoms with Crippen molar-refractivity contribution >= 4 is 5.91 Å². The molecule has 1 fully saturated rings. The fraction of sp³-hybridized carbons (Fsp3) is 0.923. The molecule has 0 bridgehead atoms. The zero-order chi connectivity index (χ0) is 10.9. The van der Waals surface area contributed by atoms with Gasteiger partial charge in [-0.25, -0.2) is 0 Å². The molecule has 0 unspecified atom stereocenters. The number of hydrogen-bond acceptors (Lipinski definition) is 1. The Kier molecular flexibility index (Phi) is 6.45. The van der Waals surface area contributed by atoms with Crippen molar-refractivity contribution in [3.05, 3.63) is 0 Å². The summed E-state index contributed by atoms with van der Waals surface area (Å²) < 4.78 is 0. The van der Waals surface area contributed by atoms with E-state index in [1.54, 1.807) is 0 Å². The van der Waals surface area contributed by atoms with E-state index in [9.17, 15) is 4.79 Å². The molecule has 2 nitrogen and oxygen atoms in total. The maximum absolute atomic E-state index is 10.5. The van der Waals surface area contributed by atoms with Crippen molar-refractivity contribution in [1.82, 2.24) is 0 Å². The van der Waals surface area contributed by atoms with Crippen LogP contribution in [-0.2, 0) is 4.79 Å². The fourth-order valence-electron chi connectivity index (χ4n) is 2.22. The van der Waals surface area contributed by atoms with Gasteiger partial charge >= 0.3 is 0 Å². The maximum Gasteiger partial charge on any atom is 0.217 e. The normalized spacial score (nSPS) is 16.3. The van der Waals surface area contributed by atoms with Crippen LogP contribution in [0.15, 0.2) is 0 Å². The highest BCUT2D eigenvalue weighted by Crippen LogP contribution is 2.31. The van der Waals surface area contributed by atoms with Crippen LogP contribution in [0.2, 0.25) is 0 Å². The Morgan fingerprint density at radius 1 is 1.00 bits per heavy atom. The molecule has 0 aliphatic heterocycles. The Balaban J connectivity index is 1.71. The second-order valence-electron chi connectivity index (χ2n) is 4.92. The largest absolute Gasteiger partial charge is 0.370 e. The maximum atomic E-state index is 10.5. The standard InChI is InChI=1S/C13H25NO/c14-13(15)11-6-4-2-1-3-5-8-12-9-7-10-12/h12H,1-11H2,(H2,14,15). The van der Waals surface area contributed by atoms with Gasteiger partial charge in [0.15, 0.2) is 0 Å². The molecule has 0 saturated heterocycles. The second-order valence-corrected chi connectivity index (χ2v) is 4.92. The number of primary amides is 1. The molecule has 0 aromatic heterocycles. The topological polar surface area (TPSA) is 43.1 Å². The van der Waals surface area contributed by atoms with Gasteiger partial charge in [0.2, 0.25) is 5.91 Å². The van der Waals surface area contributed by atoms with E-state index in [1.165, 1.54) is 57.8 Å². The molecule has 0 radical (unpaired) electrons. The lowest BCUT2D eigenvalue weighted by Gasteiger charge is -2.24. The number of rotatable bonds is 9. The van der Waals surface area contributed by atoms with Gasteiger partial charge < -0.3 is 5.73 Å². The van der Waals surface area contributed by atoms with Gasteiger partial charge in [0.05, 0.1) is 0 Å². The molecule has 15 heavy (non-hydrogen) atoms. The summed E-state index contributed by atoms with van der Waals surface area (Å²) >= 11 is 0. The monoisotopic (exact) mass is 211 g/mol. The average molecular weight is 211 g/mol. The van der Waals surface area contributed by atoms with Crippen molar-refractivity contribution in [3.63, 3.8) is 0 Å². The van der Waals surface area contributed by atoms with E-state index >= 15 is 0 Å². The quantitative estimate of drug-likeness (QED) is 0.584. The lowest BCUT2D eigenvalue weighted by atomic mass is 9.81. The van der Waals surface area contributed by atoms with Gasteiger partial charge in [0.1, 0.15) is 0 Å². The summed E-state index contributed by atoms with van der Waals surface area (Å²) in [7, 11) is 0. The molecule has 1 amide bonds. The molecule has 2 N–H and O–H groups in total. The highest BCUT2D eigenvalue weighted by molar-refractivity contribution is 5.73. The lowest BCUT2D eigenvalue weighted by Crippen LogP contribution is -2.10. The van der Waals surface area contributed by atoms with Gasteiger partial charge in [-0.3, -0.25) is 4.79 Å². The van der Waals surface area contributed by atoms with E-state index in [1.807, 2.05) is 0 Å². The number of carbonyl (C=O) groups excluding carboxylic acids is 1. The van der Waals surface area contributed by atoms with Crippen molar-refractivity contribution in [2.24, 2.45) is 11.7 Å². The SMILES string of the molecule is NC(=O)CCCCCCCCC1CCC1. The van der Waals surface area contributed by atoms with E-state index in [-0.39, 0.29) is 5.91 Å². The fourth-order valence-corrected chi connectivity index (χ4v) is 2.22. The molecule has 0 atom stereocenters. The Hall–Kier alpha value is -0.530. The minimum atomic E-state index is -0.153. The van der Waals surface area contributed by atoms with Crippen LogP contribution in [0.4, 0.5) is 0 Å². The molecular weight excluding hydrogens is 186 g/mol. The zero-order valence-electron chi connectivity index (χ0n) is 9.84. The minimum absolute atomic E-state index is 0.153. The first-order valence-corrected chi connectivity index (χ1v) is 6.57. The van der Waals surface area contributed by atoms with Crippen molar-refractivity contribution in [3.8, 4) is 0 Å². The Morgan fingerprint density at radius 3 is 2.13 bits per heavy atom. The van der Waals surface area contributed by atoms with E-state index in [0.29, 0.717) is 6.42 Å². The summed E-state index contributed by atoms with van der Waals surface area (Å²) in [5.41, 5.74) is 5.07. The molecular formula is C13H25NO. The summed E-state index contributed by atoms with van der Waals surface area (Å²) in [6.45, 7) is 0. The first-order chi connectivity index (χ1) is 7.29. The Labute approximate surface area is 93.6 Å². The molecule has 88 valence electrons. The minimum Gasteiger partial charge on any atom is -0.370 e. The van der Waals surface area contributed by atoms with Crippen LogP contribution in [0.25, 0.3) is 0 Å². The molecule has 1 aliphatic carbocycles. The number of amides is 1. The number of hydrogen-bond donors (Lipinski definition) is 1. The molecule has 0 spiro atoms. The lowest BCUT2D eigenvalue weighted by molar-refractivity contribution is -0.118. The predicted molar refractivity (Wildman–Crippen MR) is 63.5 cm³/mol. The third-order valence-electron chi connectivity index (χ3n) is 3.51. The van der Waals surface area contributed by atoms with Crippen molar-refractivity contribution in [1.29, 1.82) is 0 Å². The van der Waals surface area contributed by atoms with Gasteiger partial charge in [-0.15, -0.1) is 0 Å². The van der Waals surface area contributed by atoms with Crippen LogP contribution in [-0.4, -0.2) is 5.91 Å². The van der Waals surface area contributed by atoms with Crippen LogP contribution in [0, 0.1) is 5.92 Å². The van der Waals surface area contributed by atoms with Crippen LogP contribution >= 0.6 is 0 Å². The van der Waals surface area contributed by atoms with Gasteiger partial charge in [-0.05, 0) is 12.3 Å². The van der Waals surface area contributed by atoms with E-state index < -0.39 is 0 Å². The number of carbonyl (C=O) groups is 1. The summed E-state index contributed by atoms with van der Waals surface area (Å²) in [5, 5.41) is 0. The average Bonchev–Trinajstić information content (AvgIpc) is 2.12. The highest BCUT2D eigenvalue weighted by Gasteiger charge is 2.15. The van der Waals surface area contributed by atoms with E-state index in [4.69, 9.17) is 5.73 Å². The Morgan fingerprint density at radius 2 is 1.60 bits per heavy atom. The molecule has 1 aliphatic rings. The van der Waals surface area contributed by atoms with Gasteiger partial charge in [0.25, 0.3) is 0 Å². The van der Waals surface area contributed by atoms with Crippen LogP contribution in [0.3, 0.4) is 0 Å². The van der Waals surface area contributed by atoms with Gasteiger partial charge in [-0.1, -0.05) is 57.8 Å².